The summed E-state index contributed by atoms with van der Waals surface area (Å²) >= 11 is 1.34. The Hall–Kier alpha value is -2.34. The molecule has 0 aliphatic carbocycles. The molecule has 1 aromatic heterocycles. The maximum atomic E-state index is 12.2. The van der Waals surface area contributed by atoms with Crippen molar-refractivity contribution in [2.45, 2.75) is 19.9 Å². The summed E-state index contributed by atoms with van der Waals surface area (Å²) in [6.45, 7) is 3.51. The van der Waals surface area contributed by atoms with Crippen LogP contribution in [0.15, 0.2) is 35.7 Å². The lowest BCUT2D eigenvalue weighted by atomic mass is 10.1. The molecule has 0 saturated heterocycles. The molecule has 2 N–H and O–H groups in total. The fourth-order valence-electron chi connectivity index (χ4n) is 1.95. The fraction of sp³-hybridized carbons (Fsp3) is 0.250. The smallest absolute Gasteiger partial charge is 0.261 e. The molecule has 22 heavy (non-hydrogen) atoms. The van der Waals surface area contributed by atoms with Crippen LogP contribution in [0.3, 0.4) is 0 Å². The van der Waals surface area contributed by atoms with Gasteiger partial charge >= 0.3 is 0 Å². The number of benzene rings is 1. The Labute approximate surface area is 133 Å². The quantitative estimate of drug-likeness (QED) is 0.891. The van der Waals surface area contributed by atoms with Crippen molar-refractivity contribution in [1.82, 2.24) is 5.32 Å². The van der Waals surface area contributed by atoms with Crippen molar-refractivity contribution in [2.24, 2.45) is 0 Å². The zero-order valence-corrected chi connectivity index (χ0v) is 13.5. The average molecular weight is 318 g/mol. The van der Waals surface area contributed by atoms with Crippen molar-refractivity contribution >= 4 is 28.8 Å². The van der Waals surface area contributed by atoms with E-state index in [1.165, 1.54) is 11.3 Å². The second-order valence-corrected chi connectivity index (χ2v) is 5.74. The van der Waals surface area contributed by atoms with E-state index in [1.807, 2.05) is 18.4 Å². The van der Waals surface area contributed by atoms with Gasteiger partial charge in [0.1, 0.15) is 11.8 Å². The number of thiophene rings is 1. The van der Waals surface area contributed by atoms with Crippen LogP contribution < -0.4 is 15.4 Å². The van der Waals surface area contributed by atoms with Crippen LogP contribution in [0.5, 0.6) is 5.75 Å². The molecule has 6 heteroatoms. The summed E-state index contributed by atoms with van der Waals surface area (Å²) in [6, 6.07) is 8.30. The third-order valence-corrected chi connectivity index (χ3v) is 4.12. The maximum Gasteiger partial charge on any atom is 0.261 e. The highest BCUT2D eigenvalue weighted by Crippen LogP contribution is 2.25. The molecule has 0 fully saturated rings. The number of hydrogen-bond donors (Lipinski definition) is 2. The molecule has 2 amide bonds. The minimum atomic E-state index is -0.639. The second kappa shape index (κ2) is 7.09. The van der Waals surface area contributed by atoms with E-state index in [9.17, 15) is 9.59 Å². The molecule has 1 atom stereocenters. The van der Waals surface area contributed by atoms with E-state index in [1.54, 1.807) is 38.3 Å². The van der Waals surface area contributed by atoms with Crippen LogP contribution in [0.1, 0.15) is 22.2 Å². The van der Waals surface area contributed by atoms with E-state index in [2.05, 4.69) is 10.6 Å². The molecule has 1 aromatic carbocycles. The summed E-state index contributed by atoms with van der Waals surface area (Å²) < 4.78 is 5.22. The molecule has 0 aliphatic rings. The van der Waals surface area contributed by atoms with Crippen molar-refractivity contribution in [3.05, 3.63) is 46.2 Å². The van der Waals surface area contributed by atoms with Crippen LogP contribution in [0.2, 0.25) is 0 Å². The number of carbonyl (C=O) groups is 2. The first kappa shape index (κ1) is 16.0. The highest BCUT2D eigenvalue weighted by Gasteiger charge is 2.18. The van der Waals surface area contributed by atoms with Gasteiger partial charge in [-0.3, -0.25) is 9.59 Å². The van der Waals surface area contributed by atoms with Gasteiger partial charge in [0.2, 0.25) is 5.91 Å². The van der Waals surface area contributed by atoms with E-state index < -0.39 is 6.04 Å². The van der Waals surface area contributed by atoms with E-state index in [-0.39, 0.29) is 11.8 Å². The number of hydrogen-bond acceptors (Lipinski definition) is 4. The molecule has 116 valence electrons. The third kappa shape index (κ3) is 3.65. The standard InChI is InChI=1S/C16H18N2O3S/c1-10-12(6-4-7-13(10)21-3)18-15(19)11(2)17-16(20)14-8-5-9-22-14/h4-9,11H,1-3H3,(H,17,20)(H,18,19). The topological polar surface area (TPSA) is 67.4 Å². The lowest BCUT2D eigenvalue weighted by molar-refractivity contribution is -0.117. The fourth-order valence-corrected chi connectivity index (χ4v) is 2.58. The first-order valence-corrected chi connectivity index (χ1v) is 7.69. The molecular formula is C16H18N2O3S. The van der Waals surface area contributed by atoms with Crippen LogP contribution in [-0.4, -0.2) is 25.0 Å². The second-order valence-electron chi connectivity index (χ2n) is 4.79. The van der Waals surface area contributed by atoms with Gasteiger partial charge in [-0.15, -0.1) is 11.3 Å². The Morgan fingerprint density at radius 2 is 2.00 bits per heavy atom. The third-order valence-electron chi connectivity index (χ3n) is 3.25. The predicted octanol–water partition coefficient (Wildman–Crippen LogP) is 2.82. The summed E-state index contributed by atoms with van der Waals surface area (Å²) in [5.41, 5.74) is 1.51. The molecule has 0 aliphatic heterocycles. The van der Waals surface area contributed by atoms with E-state index >= 15 is 0 Å². The van der Waals surface area contributed by atoms with E-state index in [4.69, 9.17) is 4.74 Å². The summed E-state index contributed by atoms with van der Waals surface area (Å²) in [4.78, 5) is 24.7. The first-order valence-electron chi connectivity index (χ1n) is 6.81. The Kier molecular flexibility index (Phi) is 5.16. The van der Waals surface area contributed by atoms with Crippen LogP contribution in [0.4, 0.5) is 5.69 Å². The zero-order chi connectivity index (χ0) is 16.1. The molecular weight excluding hydrogens is 300 g/mol. The maximum absolute atomic E-state index is 12.2. The summed E-state index contributed by atoms with van der Waals surface area (Å²) in [5.74, 6) is 0.175. The van der Waals surface area contributed by atoms with Gasteiger partial charge in [0.15, 0.2) is 0 Å². The monoisotopic (exact) mass is 318 g/mol. The summed E-state index contributed by atoms with van der Waals surface area (Å²) in [5, 5.41) is 7.30. The predicted molar refractivity (Wildman–Crippen MR) is 87.6 cm³/mol. The van der Waals surface area contributed by atoms with Crippen molar-refractivity contribution in [2.75, 3.05) is 12.4 Å². The van der Waals surface area contributed by atoms with Crippen molar-refractivity contribution < 1.29 is 14.3 Å². The first-order chi connectivity index (χ1) is 10.5. The molecule has 2 aromatic rings. The molecule has 1 heterocycles. The van der Waals surface area contributed by atoms with Crippen molar-refractivity contribution in [3.63, 3.8) is 0 Å². The number of nitrogens with one attached hydrogen (secondary N) is 2. The van der Waals surface area contributed by atoms with Crippen molar-refractivity contribution in [3.8, 4) is 5.75 Å². The number of anilines is 1. The molecule has 0 saturated carbocycles. The Bertz CT molecular complexity index is 668. The summed E-state index contributed by atoms with van der Waals surface area (Å²) in [6.07, 6.45) is 0. The number of methoxy groups -OCH3 is 1. The Morgan fingerprint density at radius 3 is 2.64 bits per heavy atom. The molecule has 0 spiro atoms. The molecule has 5 nitrogen and oxygen atoms in total. The number of rotatable bonds is 5. The molecule has 0 bridgehead atoms. The number of ether oxygens (including phenoxy) is 1. The van der Waals surface area contributed by atoms with Crippen LogP contribution in [0.25, 0.3) is 0 Å². The lowest BCUT2D eigenvalue weighted by Crippen LogP contribution is -2.41. The van der Waals surface area contributed by atoms with Gasteiger partial charge in [0.05, 0.1) is 12.0 Å². The highest BCUT2D eigenvalue weighted by molar-refractivity contribution is 7.12. The average Bonchev–Trinajstić information content (AvgIpc) is 3.03. The SMILES string of the molecule is COc1cccc(NC(=O)C(C)NC(=O)c2cccs2)c1C. The van der Waals surface area contributed by atoms with Gasteiger partial charge in [-0.1, -0.05) is 12.1 Å². The normalized spacial score (nSPS) is 11.6. The lowest BCUT2D eigenvalue weighted by Gasteiger charge is -2.16. The van der Waals surface area contributed by atoms with Crippen molar-refractivity contribution in [1.29, 1.82) is 0 Å². The minimum absolute atomic E-state index is 0.250. The van der Waals surface area contributed by atoms with Gasteiger partial charge in [-0.05, 0) is 37.4 Å². The number of amides is 2. The molecule has 0 radical (unpaired) electrons. The van der Waals surface area contributed by atoms with Gasteiger partial charge in [-0.25, -0.2) is 0 Å². The van der Waals surface area contributed by atoms with E-state index in [0.717, 1.165) is 5.56 Å². The van der Waals surface area contributed by atoms with E-state index in [0.29, 0.717) is 16.3 Å². The minimum Gasteiger partial charge on any atom is -0.496 e. The largest absolute Gasteiger partial charge is 0.496 e. The van der Waals surface area contributed by atoms with Crippen LogP contribution in [-0.2, 0) is 4.79 Å². The Morgan fingerprint density at radius 1 is 1.23 bits per heavy atom. The highest BCUT2D eigenvalue weighted by atomic mass is 32.1. The van der Waals surface area contributed by atoms with Gasteiger partial charge < -0.3 is 15.4 Å². The van der Waals surface area contributed by atoms with Crippen LogP contribution >= 0.6 is 11.3 Å². The zero-order valence-electron chi connectivity index (χ0n) is 12.7. The van der Waals surface area contributed by atoms with Gasteiger partial charge in [0.25, 0.3) is 5.91 Å². The summed E-state index contributed by atoms with van der Waals surface area (Å²) in [7, 11) is 1.58. The molecule has 2 rings (SSSR count). The number of carbonyl (C=O) groups excluding carboxylic acids is 2. The van der Waals surface area contributed by atoms with Gasteiger partial charge in [-0.2, -0.15) is 0 Å². The van der Waals surface area contributed by atoms with Gasteiger partial charge in [0, 0.05) is 11.3 Å². The van der Waals surface area contributed by atoms with Crippen LogP contribution in [0, 0.1) is 6.92 Å². The molecule has 1 unspecified atom stereocenters. The Balaban J connectivity index is 2.01.